The second kappa shape index (κ2) is 10.0. The molecule has 1 heterocycles. The van der Waals surface area contributed by atoms with Crippen LogP contribution in [0.3, 0.4) is 0 Å². The summed E-state index contributed by atoms with van der Waals surface area (Å²) in [5, 5.41) is 8.81. The number of carbonyl (C=O) groups excluding carboxylic acids is 3. The van der Waals surface area contributed by atoms with E-state index in [1.165, 1.54) is 12.1 Å². The van der Waals surface area contributed by atoms with Gasteiger partial charge in [-0.2, -0.15) is 4.98 Å². The Balaban J connectivity index is 1.71. The highest BCUT2D eigenvalue weighted by atomic mass is 19.1. The van der Waals surface area contributed by atoms with Crippen molar-refractivity contribution in [2.45, 2.75) is 38.8 Å². The van der Waals surface area contributed by atoms with Gasteiger partial charge in [0.25, 0.3) is 5.89 Å². The zero-order chi connectivity index (χ0) is 24.0. The number of halogens is 1. The molecule has 0 aliphatic carbocycles. The zero-order valence-electron chi connectivity index (χ0n) is 18.3. The van der Waals surface area contributed by atoms with E-state index in [1.807, 2.05) is 0 Å². The van der Waals surface area contributed by atoms with E-state index in [4.69, 9.17) is 9.26 Å². The average molecular weight is 454 g/mol. The molecule has 3 aromatic rings. The molecule has 2 aromatic carbocycles. The summed E-state index contributed by atoms with van der Waals surface area (Å²) in [7, 11) is 0. The maximum atomic E-state index is 14.6. The Morgan fingerprint density at radius 1 is 1.18 bits per heavy atom. The largest absolute Gasteiger partial charge is 0.444 e. The highest BCUT2D eigenvalue weighted by molar-refractivity contribution is 5.85. The third-order valence-electron chi connectivity index (χ3n) is 4.38. The third-order valence-corrected chi connectivity index (χ3v) is 4.38. The fourth-order valence-corrected chi connectivity index (χ4v) is 2.92. The van der Waals surface area contributed by atoms with Gasteiger partial charge in [0.1, 0.15) is 17.7 Å². The van der Waals surface area contributed by atoms with Crippen LogP contribution in [0.4, 0.5) is 14.9 Å². The van der Waals surface area contributed by atoms with Gasteiger partial charge in [0.15, 0.2) is 0 Å². The van der Waals surface area contributed by atoms with Crippen LogP contribution in [0.1, 0.15) is 26.3 Å². The van der Waals surface area contributed by atoms with Gasteiger partial charge in [-0.1, -0.05) is 11.2 Å². The summed E-state index contributed by atoms with van der Waals surface area (Å²) >= 11 is 0. The minimum Gasteiger partial charge on any atom is -0.444 e. The molecule has 0 bridgehead atoms. The van der Waals surface area contributed by atoms with E-state index in [1.54, 1.807) is 51.1 Å². The molecule has 1 unspecified atom stereocenters. The smallest absolute Gasteiger partial charge is 0.412 e. The van der Waals surface area contributed by atoms with E-state index in [0.717, 1.165) is 0 Å². The molecule has 1 atom stereocenters. The Kier molecular flexibility index (Phi) is 7.17. The van der Waals surface area contributed by atoms with Crippen LogP contribution in [0.15, 0.2) is 47.0 Å². The average Bonchev–Trinajstić information content (AvgIpc) is 3.22. The summed E-state index contributed by atoms with van der Waals surface area (Å²) in [6.45, 7) is 5.31. The van der Waals surface area contributed by atoms with Crippen LogP contribution >= 0.6 is 0 Å². The van der Waals surface area contributed by atoms with Crippen molar-refractivity contribution >= 4 is 24.5 Å². The fraction of sp³-hybridized carbons (Fsp3) is 0.261. The van der Waals surface area contributed by atoms with Crippen LogP contribution in [0, 0.1) is 5.82 Å². The first-order valence-electron chi connectivity index (χ1n) is 10.1. The lowest BCUT2D eigenvalue weighted by molar-refractivity contribution is -0.115. The lowest BCUT2D eigenvalue weighted by atomic mass is 10.0. The van der Waals surface area contributed by atoms with Crippen molar-refractivity contribution in [1.82, 2.24) is 15.5 Å². The number of ether oxygens (including phenoxy) is 1. The SMILES string of the molecule is CC(C)(C)OC(=O)Nc1ccc(-c2nc(-c3ccc(CC(C=O)NC=O)cc3F)no2)cc1. The quantitative estimate of drug-likeness (QED) is 0.497. The minimum atomic E-state index is -0.739. The lowest BCUT2D eigenvalue weighted by Gasteiger charge is -2.19. The molecule has 0 aliphatic heterocycles. The minimum absolute atomic E-state index is 0.0583. The van der Waals surface area contributed by atoms with E-state index < -0.39 is 23.6 Å². The van der Waals surface area contributed by atoms with Crippen molar-refractivity contribution in [2.24, 2.45) is 0 Å². The number of rotatable bonds is 8. The molecule has 0 saturated carbocycles. The Morgan fingerprint density at radius 2 is 1.91 bits per heavy atom. The van der Waals surface area contributed by atoms with E-state index in [-0.39, 0.29) is 23.7 Å². The topological polar surface area (TPSA) is 123 Å². The van der Waals surface area contributed by atoms with Gasteiger partial charge in [-0.15, -0.1) is 0 Å². The lowest BCUT2D eigenvalue weighted by Crippen LogP contribution is -2.31. The van der Waals surface area contributed by atoms with Crippen molar-refractivity contribution in [1.29, 1.82) is 0 Å². The number of nitrogens with one attached hydrogen (secondary N) is 2. The molecule has 1 aromatic heterocycles. The van der Waals surface area contributed by atoms with Crippen LogP contribution < -0.4 is 10.6 Å². The van der Waals surface area contributed by atoms with Gasteiger partial charge < -0.3 is 19.4 Å². The summed E-state index contributed by atoms with van der Waals surface area (Å²) in [5.74, 6) is -0.357. The maximum Gasteiger partial charge on any atom is 0.412 e. The van der Waals surface area contributed by atoms with E-state index >= 15 is 0 Å². The van der Waals surface area contributed by atoms with Gasteiger partial charge in [-0.25, -0.2) is 9.18 Å². The molecule has 0 aliphatic rings. The number of carbonyl (C=O) groups is 3. The molecule has 0 radical (unpaired) electrons. The molecular formula is C23H23FN4O5. The number of aldehydes is 1. The zero-order valence-corrected chi connectivity index (χ0v) is 18.3. The number of hydrogen-bond acceptors (Lipinski definition) is 7. The van der Waals surface area contributed by atoms with Gasteiger partial charge in [-0.05, 0) is 69.2 Å². The summed E-state index contributed by atoms with van der Waals surface area (Å²) in [4.78, 5) is 37.6. The van der Waals surface area contributed by atoms with Gasteiger partial charge in [-0.3, -0.25) is 10.1 Å². The molecule has 33 heavy (non-hydrogen) atoms. The van der Waals surface area contributed by atoms with E-state index in [2.05, 4.69) is 20.8 Å². The van der Waals surface area contributed by atoms with Crippen molar-refractivity contribution in [2.75, 3.05) is 5.32 Å². The molecule has 2 N–H and O–H groups in total. The van der Waals surface area contributed by atoms with Gasteiger partial charge in [0, 0.05) is 11.3 Å². The first-order valence-corrected chi connectivity index (χ1v) is 10.1. The summed E-state index contributed by atoms with van der Waals surface area (Å²) in [6.07, 6.45) is 0.585. The first-order chi connectivity index (χ1) is 15.7. The fourth-order valence-electron chi connectivity index (χ4n) is 2.92. The van der Waals surface area contributed by atoms with E-state index in [0.29, 0.717) is 29.5 Å². The number of aromatic nitrogens is 2. The van der Waals surface area contributed by atoms with E-state index in [9.17, 15) is 18.8 Å². The number of benzene rings is 2. The number of anilines is 1. The van der Waals surface area contributed by atoms with Gasteiger partial charge in [0.2, 0.25) is 12.2 Å². The Morgan fingerprint density at radius 3 is 2.52 bits per heavy atom. The molecule has 2 amide bonds. The normalized spacial score (nSPS) is 12.0. The molecule has 9 nitrogen and oxygen atoms in total. The number of amides is 2. The molecule has 3 rings (SSSR count). The van der Waals surface area contributed by atoms with Gasteiger partial charge >= 0.3 is 6.09 Å². The van der Waals surface area contributed by atoms with Crippen LogP contribution in [0.25, 0.3) is 22.8 Å². The predicted octanol–water partition coefficient (Wildman–Crippen LogP) is 3.75. The predicted molar refractivity (Wildman–Crippen MR) is 118 cm³/mol. The maximum absolute atomic E-state index is 14.6. The molecule has 0 saturated heterocycles. The third kappa shape index (κ3) is 6.45. The second-order valence-electron chi connectivity index (χ2n) is 8.17. The molecule has 0 spiro atoms. The first kappa shape index (κ1) is 23.6. The Labute approximate surface area is 189 Å². The number of hydrogen-bond donors (Lipinski definition) is 2. The van der Waals surface area contributed by atoms with Crippen LogP contribution in [-0.2, 0) is 20.7 Å². The Bertz CT molecular complexity index is 1140. The highest BCUT2D eigenvalue weighted by Crippen LogP contribution is 2.26. The standard InChI is InChI=1S/C23H23FN4O5/c1-23(2,3)32-22(31)26-16-7-5-15(6-8-16)21-27-20(28-33-21)18-9-4-14(11-19(18)24)10-17(12-29)25-13-30/h4-9,11-13,17H,10H2,1-3H3,(H,25,30)(H,26,31). The summed E-state index contributed by atoms with van der Waals surface area (Å²) in [6, 6.07) is 10.3. The molecule has 172 valence electrons. The molecular weight excluding hydrogens is 431 g/mol. The van der Waals surface area contributed by atoms with Crippen LogP contribution in [0.2, 0.25) is 0 Å². The van der Waals surface area contributed by atoms with Gasteiger partial charge in [0.05, 0.1) is 11.6 Å². The monoisotopic (exact) mass is 454 g/mol. The Hall–Kier alpha value is -4.08. The van der Waals surface area contributed by atoms with Crippen LogP contribution in [-0.4, -0.2) is 40.6 Å². The van der Waals surface area contributed by atoms with Crippen molar-refractivity contribution in [3.63, 3.8) is 0 Å². The number of nitrogens with zero attached hydrogens (tertiary/aromatic N) is 2. The molecule has 0 fully saturated rings. The van der Waals surface area contributed by atoms with Crippen molar-refractivity contribution in [3.05, 3.63) is 53.8 Å². The summed E-state index contributed by atoms with van der Waals surface area (Å²) < 4.78 is 25.1. The molecule has 10 heteroatoms. The van der Waals surface area contributed by atoms with Crippen molar-refractivity contribution < 1.29 is 28.0 Å². The second-order valence-corrected chi connectivity index (χ2v) is 8.17. The highest BCUT2D eigenvalue weighted by Gasteiger charge is 2.18. The van der Waals surface area contributed by atoms with Crippen molar-refractivity contribution in [3.8, 4) is 22.8 Å². The summed E-state index contributed by atoms with van der Waals surface area (Å²) in [5.41, 5.74) is 1.14. The van der Waals surface area contributed by atoms with Crippen LogP contribution in [0.5, 0.6) is 0 Å².